The largest absolute Gasteiger partial charge is 0.492 e. The first-order chi connectivity index (χ1) is 9.29. The van der Waals surface area contributed by atoms with Crippen LogP contribution in [0.4, 0.5) is 0 Å². The van der Waals surface area contributed by atoms with E-state index in [1.165, 1.54) is 0 Å². The van der Waals surface area contributed by atoms with Crippen LogP contribution >= 0.6 is 23.1 Å². The van der Waals surface area contributed by atoms with Gasteiger partial charge in [0.15, 0.2) is 4.34 Å². The third-order valence-electron chi connectivity index (χ3n) is 2.29. The molecule has 1 aromatic carbocycles. The monoisotopic (exact) mass is 291 g/mol. The fourth-order valence-electron chi connectivity index (χ4n) is 1.42. The van der Waals surface area contributed by atoms with Crippen molar-refractivity contribution >= 4 is 23.1 Å². The summed E-state index contributed by atoms with van der Waals surface area (Å²) in [4.78, 5) is 0. The molecule has 0 saturated heterocycles. The fourth-order valence-corrected chi connectivity index (χ4v) is 3.22. The first kappa shape index (κ1) is 13.8. The van der Waals surface area contributed by atoms with E-state index in [1.54, 1.807) is 29.2 Å². The molecule has 1 heterocycles. The third kappa shape index (κ3) is 4.23. The lowest BCUT2D eigenvalue weighted by Crippen LogP contribution is -2.00. The SMILES string of the molecule is Cc1nnc(SCCCOc2ccccc2C#N)s1. The summed E-state index contributed by atoms with van der Waals surface area (Å²) >= 11 is 3.29. The predicted molar refractivity (Wildman–Crippen MR) is 76.6 cm³/mol. The Bertz CT molecular complexity index is 577. The Balaban J connectivity index is 1.71. The van der Waals surface area contributed by atoms with Crippen LogP contribution in [0.25, 0.3) is 0 Å². The minimum Gasteiger partial charge on any atom is -0.492 e. The molecule has 6 heteroatoms. The number of aromatic nitrogens is 2. The van der Waals surface area contributed by atoms with Gasteiger partial charge in [0.25, 0.3) is 0 Å². The summed E-state index contributed by atoms with van der Waals surface area (Å²) in [6.45, 7) is 2.55. The van der Waals surface area contributed by atoms with Gasteiger partial charge in [-0.2, -0.15) is 5.26 Å². The maximum Gasteiger partial charge on any atom is 0.174 e. The molecule has 0 unspecified atom stereocenters. The van der Waals surface area contributed by atoms with Crippen LogP contribution in [0.5, 0.6) is 5.75 Å². The van der Waals surface area contributed by atoms with Crippen LogP contribution < -0.4 is 4.74 Å². The maximum absolute atomic E-state index is 8.92. The molecule has 4 nitrogen and oxygen atoms in total. The van der Waals surface area contributed by atoms with Gasteiger partial charge in [-0.1, -0.05) is 35.2 Å². The van der Waals surface area contributed by atoms with Crippen LogP contribution in [-0.4, -0.2) is 22.6 Å². The summed E-state index contributed by atoms with van der Waals surface area (Å²) in [6, 6.07) is 9.40. The summed E-state index contributed by atoms with van der Waals surface area (Å²) in [5.74, 6) is 1.59. The summed E-state index contributed by atoms with van der Waals surface area (Å²) in [5.41, 5.74) is 0.579. The van der Waals surface area contributed by atoms with Crippen molar-refractivity contribution in [1.29, 1.82) is 5.26 Å². The second kappa shape index (κ2) is 7.12. The smallest absolute Gasteiger partial charge is 0.174 e. The summed E-state index contributed by atoms with van der Waals surface area (Å²) in [5, 5.41) is 17.9. The van der Waals surface area contributed by atoms with Gasteiger partial charge in [0.2, 0.25) is 0 Å². The van der Waals surface area contributed by atoms with E-state index in [0.717, 1.165) is 21.5 Å². The van der Waals surface area contributed by atoms with Crippen LogP contribution in [0, 0.1) is 18.3 Å². The van der Waals surface area contributed by atoms with Crippen LogP contribution in [0.1, 0.15) is 17.0 Å². The number of hydrogen-bond donors (Lipinski definition) is 0. The molecule has 1 aromatic heterocycles. The molecule has 2 rings (SSSR count). The molecule has 0 aliphatic rings. The van der Waals surface area contributed by atoms with Crippen LogP contribution in [0.3, 0.4) is 0 Å². The Labute approximate surface area is 120 Å². The molecule has 0 spiro atoms. The Morgan fingerprint density at radius 1 is 1.37 bits per heavy atom. The summed E-state index contributed by atoms with van der Waals surface area (Å²) in [6.07, 6.45) is 0.906. The molecule has 2 aromatic rings. The molecule has 0 amide bonds. The molecule has 0 atom stereocenters. The number of benzene rings is 1. The molecule has 19 heavy (non-hydrogen) atoms. The van der Waals surface area contributed by atoms with E-state index in [4.69, 9.17) is 10.00 Å². The molecule has 0 aliphatic carbocycles. The summed E-state index contributed by atoms with van der Waals surface area (Å²) < 4.78 is 6.60. The lowest BCUT2D eigenvalue weighted by molar-refractivity contribution is 0.318. The number of ether oxygens (including phenoxy) is 1. The van der Waals surface area contributed by atoms with E-state index >= 15 is 0 Å². The van der Waals surface area contributed by atoms with Crippen LogP contribution in [0.2, 0.25) is 0 Å². The second-order valence-corrected chi connectivity index (χ2v) is 6.27. The first-order valence-electron chi connectivity index (χ1n) is 5.84. The molecule has 0 radical (unpaired) electrons. The number of aryl methyl sites for hydroxylation is 1. The van der Waals surface area contributed by atoms with Gasteiger partial charge in [-0.3, -0.25) is 0 Å². The van der Waals surface area contributed by atoms with Crippen LogP contribution in [-0.2, 0) is 0 Å². The zero-order chi connectivity index (χ0) is 13.5. The molecule has 0 saturated carbocycles. The number of hydrogen-bond acceptors (Lipinski definition) is 6. The van der Waals surface area contributed by atoms with Gasteiger partial charge in [-0.05, 0) is 25.5 Å². The van der Waals surface area contributed by atoms with E-state index in [2.05, 4.69) is 16.3 Å². The number of para-hydroxylation sites is 1. The number of thioether (sulfide) groups is 1. The maximum atomic E-state index is 8.92. The Hall–Kier alpha value is -1.58. The highest BCUT2D eigenvalue weighted by molar-refractivity contribution is 8.01. The van der Waals surface area contributed by atoms with E-state index in [1.807, 2.05) is 25.1 Å². The van der Waals surface area contributed by atoms with Gasteiger partial charge in [0.1, 0.15) is 16.8 Å². The highest BCUT2D eigenvalue weighted by atomic mass is 32.2. The minimum absolute atomic E-state index is 0.579. The Kier molecular flexibility index (Phi) is 5.19. The van der Waals surface area contributed by atoms with Crippen molar-refractivity contribution in [2.45, 2.75) is 17.7 Å². The van der Waals surface area contributed by atoms with Crippen molar-refractivity contribution in [3.8, 4) is 11.8 Å². The van der Waals surface area contributed by atoms with E-state index < -0.39 is 0 Å². The van der Waals surface area contributed by atoms with E-state index in [9.17, 15) is 0 Å². The lowest BCUT2D eigenvalue weighted by atomic mass is 10.2. The summed E-state index contributed by atoms with van der Waals surface area (Å²) in [7, 11) is 0. The van der Waals surface area contributed by atoms with Crippen molar-refractivity contribution in [2.24, 2.45) is 0 Å². The zero-order valence-corrected chi connectivity index (χ0v) is 12.1. The molecule has 0 fully saturated rings. The second-order valence-electron chi connectivity index (χ2n) is 3.75. The fraction of sp³-hybridized carbons (Fsp3) is 0.308. The molecule has 0 bridgehead atoms. The van der Waals surface area contributed by atoms with Crippen molar-refractivity contribution in [3.63, 3.8) is 0 Å². The molecule has 0 N–H and O–H groups in total. The van der Waals surface area contributed by atoms with Gasteiger partial charge in [-0.25, -0.2) is 0 Å². The quantitative estimate of drug-likeness (QED) is 0.604. The van der Waals surface area contributed by atoms with Crippen molar-refractivity contribution in [3.05, 3.63) is 34.8 Å². The van der Waals surface area contributed by atoms with Gasteiger partial charge in [-0.15, -0.1) is 10.2 Å². The molecule has 0 aliphatic heterocycles. The highest BCUT2D eigenvalue weighted by Gasteiger charge is 2.03. The Morgan fingerprint density at radius 3 is 2.95 bits per heavy atom. The first-order valence-corrected chi connectivity index (χ1v) is 7.64. The number of nitriles is 1. The molecule has 98 valence electrons. The standard InChI is InChI=1S/C13H13N3OS2/c1-10-15-16-13(19-10)18-8-4-7-17-12-6-3-2-5-11(12)9-14/h2-3,5-6H,4,7-8H2,1H3. The molecular formula is C13H13N3OS2. The normalized spacial score (nSPS) is 10.1. The predicted octanol–water partition coefficient (Wildman–Crippen LogP) is 3.28. The number of nitrogens with zero attached hydrogens (tertiary/aromatic N) is 3. The van der Waals surface area contributed by atoms with Gasteiger partial charge < -0.3 is 4.74 Å². The topological polar surface area (TPSA) is 58.8 Å². The van der Waals surface area contributed by atoms with Crippen molar-refractivity contribution in [2.75, 3.05) is 12.4 Å². The zero-order valence-electron chi connectivity index (χ0n) is 10.5. The average molecular weight is 291 g/mol. The van der Waals surface area contributed by atoms with Crippen molar-refractivity contribution in [1.82, 2.24) is 10.2 Å². The minimum atomic E-state index is 0.579. The highest BCUT2D eigenvalue weighted by Crippen LogP contribution is 2.22. The van der Waals surface area contributed by atoms with Gasteiger partial charge >= 0.3 is 0 Å². The number of rotatable bonds is 6. The lowest BCUT2D eigenvalue weighted by Gasteiger charge is -2.06. The Morgan fingerprint density at radius 2 is 2.21 bits per heavy atom. The van der Waals surface area contributed by atoms with Crippen molar-refractivity contribution < 1.29 is 4.74 Å². The van der Waals surface area contributed by atoms with E-state index in [-0.39, 0.29) is 0 Å². The molecular weight excluding hydrogens is 278 g/mol. The third-order valence-corrected chi connectivity index (χ3v) is 4.35. The van der Waals surface area contributed by atoms with Gasteiger partial charge in [0.05, 0.1) is 12.2 Å². The van der Waals surface area contributed by atoms with Crippen LogP contribution in [0.15, 0.2) is 28.6 Å². The van der Waals surface area contributed by atoms with Gasteiger partial charge in [0, 0.05) is 5.75 Å². The van der Waals surface area contributed by atoms with E-state index in [0.29, 0.717) is 17.9 Å². The average Bonchev–Trinajstić information content (AvgIpc) is 2.84.